The second kappa shape index (κ2) is 8.48. The van der Waals surface area contributed by atoms with Crippen molar-refractivity contribution < 1.29 is 13.5 Å². The molecule has 0 aliphatic heterocycles. The maximum Gasteiger partial charge on any atom is 0.230 e. The average Bonchev–Trinajstić information content (AvgIpc) is 3.14. The van der Waals surface area contributed by atoms with Gasteiger partial charge in [0.1, 0.15) is 17.1 Å². The molecule has 0 fully saturated rings. The molecule has 3 nitrogen and oxygen atoms in total. The lowest BCUT2D eigenvalue weighted by Gasteiger charge is -2.08. The fourth-order valence-corrected chi connectivity index (χ4v) is 3.31. The molecule has 0 saturated heterocycles. The van der Waals surface area contributed by atoms with Gasteiger partial charge in [-0.3, -0.25) is 0 Å². The molecule has 0 N–H and O–H groups in total. The van der Waals surface area contributed by atoms with Crippen molar-refractivity contribution in [3.8, 4) is 28.3 Å². The first-order chi connectivity index (χ1) is 14.1. The van der Waals surface area contributed by atoms with Gasteiger partial charge in [-0.05, 0) is 66.4 Å². The van der Waals surface area contributed by atoms with Crippen LogP contribution in [-0.4, -0.2) is 11.6 Å². The van der Waals surface area contributed by atoms with Crippen LogP contribution in [0.1, 0.15) is 31.7 Å². The standard InChI is InChI=1S/C25H24FNO2/c1-3-4-5-14-28-20-10-7-18(8-11-20)19-9-12-21(22(26)16-19)25-27-23-15-17(2)6-13-24(23)29-25/h6-13,15-16H,3-5,14H2,1-2H3. The number of rotatable bonds is 7. The Kier molecular flexibility index (Phi) is 5.61. The van der Waals surface area contributed by atoms with Gasteiger partial charge < -0.3 is 9.15 Å². The molecule has 0 unspecified atom stereocenters. The van der Waals surface area contributed by atoms with Crippen LogP contribution in [-0.2, 0) is 0 Å². The topological polar surface area (TPSA) is 35.3 Å². The molecule has 0 amide bonds. The third-order valence-corrected chi connectivity index (χ3v) is 4.95. The summed E-state index contributed by atoms with van der Waals surface area (Å²) >= 11 is 0. The number of benzene rings is 3. The number of hydrogen-bond acceptors (Lipinski definition) is 3. The Morgan fingerprint density at radius 1 is 0.931 bits per heavy atom. The minimum absolute atomic E-state index is 0.297. The number of unbranched alkanes of at least 4 members (excludes halogenated alkanes) is 2. The summed E-state index contributed by atoms with van der Waals surface area (Å²) in [4.78, 5) is 4.44. The molecule has 0 spiro atoms. The van der Waals surface area contributed by atoms with Crippen molar-refractivity contribution in [2.45, 2.75) is 33.1 Å². The van der Waals surface area contributed by atoms with Gasteiger partial charge in [-0.25, -0.2) is 9.37 Å². The second-order valence-corrected chi connectivity index (χ2v) is 7.26. The minimum Gasteiger partial charge on any atom is -0.494 e. The van der Waals surface area contributed by atoms with E-state index in [0.29, 0.717) is 17.0 Å². The molecule has 148 valence electrons. The Balaban J connectivity index is 1.53. The van der Waals surface area contributed by atoms with E-state index in [1.54, 1.807) is 6.07 Å². The van der Waals surface area contributed by atoms with Crippen molar-refractivity contribution in [1.82, 2.24) is 4.98 Å². The smallest absolute Gasteiger partial charge is 0.230 e. The Bertz CT molecular complexity index is 1120. The highest BCUT2D eigenvalue weighted by Gasteiger charge is 2.14. The number of fused-ring (bicyclic) bond motifs is 1. The summed E-state index contributed by atoms with van der Waals surface area (Å²) in [6.45, 7) is 4.88. The molecule has 0 bridgehead atoms. The Hall–Kier alpha value is -3.14. The Labute approximate surface area is 170 Å². The van der Waals surface area contributed by atoms with Gasteiger partial charge in [-0.15, -0.1) is 0 Å². The van der Waals surface area contributed by atoms with Crippen LogP contribution in [0.5, 0.6) is 5.75 Å². The summed E-state index contributed by atoms with van der Waals surface area (Å²) < 4.78 is 26.3. The molecule has 0 saturated carbocycles. The SMILES string of the molecule is CCCCCOc1ccc(-c2ccc(-c3nc4cc(C)ccc4o3)c(F)c2)cc1. The first-order valence-corrected chi connectivity index (χ1v) is 10.0. The third kappa shape index (κ3) is 4.32. The van der Waals surface area contributed by atoms with Gasteiger partial charge >= 0.3 is 0 Å². The maximum absolute atomic E-state index is 14.8. The highest BCUT2D eigenvalue weighted by atomic mass is 19.1. The number of aryl methyl sites for hydroxylation is 1. The summed E-state index contributed by atoms with van der Waals surface area (Å²) in [5.74, 6) is 0.778. The van der Waals surface area contributed by atoms with Crippen LogP contribution in [0.2, 0.25) is 0 Å². The van der Waals surface area contributed by atoms with Crippen LogP contribution < -0.4 is 4.74 Å². The fraction of sp³-hybridized carbons (Fsp3) is 0.240. The van der Waals surface area contributed by atoms with Crippen LogP contribution in [0.15, 0.2) is 65.1 Å². The molecular weight excluding hydrogens is 365 g/mol. The van der Waals surface area contributed by atoms with E-state index in [1.807, 2.05) is 55.5 Å². The second-order valence-electron chi connectivity index (χ2n) is 7.26. The first kappa shape index (κ1) is 19.2. The fourth-order valence-electron chi connectivity index (χ4n) is 3.31. The van der Waals surface area contributed by atoms with E-state index in [2.05, 4.69) is 11.9 Å². The summed E-state index contributed by atoms with van der Waals surface area (Å²) in [5, 5.41) is 0. The van der Waals surface area contributed by atoms with E-state index < -0.39 is 0 Å². The lowest BCUT2D eigenvalue weighted by molar-refractivity contribution is 0.306. The monoisotopic (exact) mass is 389 g/mol. The predicted octanol–water partition coefficient (Wildman–Crippen LogP) is 7.18. The third-order valence-electron chi connectivity index (χ3n) is 4.95. The highest BCUT2D eigenvalue weighted by Crippen LogP contribution is 2.30. The van der Waals surface area contributed by atoms with Crippen molar-refractivity contribution in [2.24, 2.45) is 0 Å². The van der Waals surface area contributed by atoms with Crippen molar-refractivity contribution in [3.63, 3.8) is 0 Å². The average molecular weight is 389 g/mol. The summed E-state index contributed by atoms with van der Waals surface area (Å²) in [5.41, 5.74) is 4.58. The van der Waals surface area contributed by atoms with Gasteiger partial charge in [0, 0.05) is 0 Å². The summed E-state index contributed by atoms with van der Waals surface area (Å²) in [7, 11) is 0. The highest BCUT2D eigenvalue weighted by molar-refractivity contribution is 5.77. The van der Waals surface area contributed by atoms with Crippen LogP contribution in [0.3, 0.4) is 0 Å². The van der Waals surface area contributed by atoms with Gasteiger partial charge in [0.05, 0.1) is 12.2 Å². The molecule has 0 atom stereocenters. The molecule has 1 heterocycles. The number of halogens is 1. The molecule has 3 aromatic carbocycles. The number of ether oxygens (including phenoxy) is 1. The lowest BCUT2D eigenvalue weighted by atomic mass is 10.0. The van der Waals surface area contributed by atoms with E-state index in [1.165, 1.54) is 18.9 Å². The molecule has 1 aromatic heterocycles. The number of nitrogens with zero attached hydrogens (tertiary/aromatic N) is 1. The van der Waals surface area contributed by atoms with Crippen molar-refractivity contribution in [3.05, 3.63) is 72.0 Å². The van der Waals surface area contributed by atoms with Crippen LogP contribution in [0.25, 0.3) is 33.7 Å². The summed E-state index contributed by atoms with van der Waals surface area (Å²) in [6, 6.07) is 18.6. The lowest BCUT2D eigenvalue weighted by Crippen LogP contribution is -1.96. The molecule has 0 aliphatic carbocycles. The van der Waals surface area contributed by atoms with Gasteiger partial charge in [-0.1, -0.05) is 44.0 Å². The molecule has 4 aromatic rings. The van der Waals surface area contributed by atoms with Crippen LogP contribution in [0.4, 0.5) is 4.39 Å². The van der Waals surface area contributed by atoms with Crippen molar-refractivity contribution in [2.75, 3.05) is 6.61 Å². The van der Waals surface area contributed by atoms with Gasteiger partial charge in [0.25, 0.3) is 0 Å². The molecule has 4 rings (SSSR count). The Morgan fingerprint density at radius 2 is 1.72 bits per heavy atom. The van der Waals surface area contributed by atoms with E-state index in [0.717, 1.165) is 41.0 Å². The van der Waals surface area contributed by atoms with Crippen LogP contribution in [0, 0.1) is 12.7 Å². The van der Waals surface area contributed by atoms with Crippen molar-refractivity contribution >= 4 is 11.1 Å². The molecule has 4 heteroatoms. The van der Waals surface area contributed by atoms with Crippen molar-refractivity contribution in [1.29, 1.82) is 0 Å². The zero-order valence-corrected chi connectivity index (χ0v) is 16.7. The zero-order valence-electron chi connectivity index (χ0n) is 16.7. The molecule has 0 aliphatic rings. The maximum atomic E-state index is 14.8. The van der Waals surface area contributed by atoms with Gasteiger partial charge in [-0.2, -0.15) is 0 Å². The molecule has 29 heavy (non-hydrogen) atoms. The van der Waals surface area contributed by atoms with Gasteiger partial charge in [0.15, 0.2) is 5.58 Å². The normalized spacial score (nSPS) is 11.1. The molecular formula is C25H24FNO2. The van der Waals surface area contributed by atoms with E-state index in [4.69, 9.17) is 9.15 Å². The number of oxazole rings is 1. The van der Waals surface area contributed by atoms with E-state index in [9.17, 15) is 4.39 Å². The predicted molar refractivity (Wildman–Crippen MR) is 115 cm³/mol. The first-order valence-electron chi connectivity index (χ1n) is 10.0. The molecule has 0 radical (unpaired) electrons. The quantitative estimate of drug-likeness (QED) is 0.314. The minimum atomic E-state index is -0.356. The van der Waals surface area contributed by atoms with E-state index in [-0.39, 0.29) is 5.82 Å². The largest absolute Gasteiger partial charge is 0.494 e. The number of hydrogen-bond donors (Lipinski definition) is 0. The zero-order chi connectivity index (χ0) is 20.2. The Morgan fingerprint density at radius 3 is 2.48 bits per heavy atom. The van der Waals surface area contributed by atoms with E-state index >= 15 is 0 Å². The van der Waals surface area contributed by atoms with Crippen LogP contribution >= 0.6 is 0 Å². The summed E-state index contributed by atoms with van der Waals surface area (Å²) in [6.07, 6.45) is 3.40. The number of aromatic nitrogens is 1. The van der Waals surface area contributed by atoms with Gasteiger partial charge in [0.2, 0.25) is 5.89 Å².